The zero-order chi connectivity index (χ0) is 23.2. The van der Waals surface area contributed by atoms with Gasteiger partial charge in [-0.05, 0) is 87.8 Å². The quantitative estimate of drug-likeness (QED) is 0.180. The van der Waals surface area contributed by atoms with Crippen LogP contribution in [0.4, 0.5) is 4.39 Å². The van der Waals surface area contributed by atoms with Crippen molar-refractivity contribution in [1.82, 2.24) is 4.90 Å². The normalized spacial score (nSPS) is 15.9. The molecule has 0 radical (unpaired) electrons. The fraction of sp³-hybridized carbons (Fsp3) is 0.643. The van der Waals surface area contributed by atoms with Crippen LogP contribution in [0.5, 0.6) is 0 Å². The molecule has 2 nitrogen and oxygen atoms in total. The molecule has 1 aliphatic carbocycles. The van der Waals surface area contributed by atoms with E-state index in [1.54, 1.807) is 0 Å². The van der Waals surface area contributed by atoms with Crippen molar-refractivity contribution in [3.63, 3.8) is 0 Å². The Labute approximate surface area is 200 Å². The third-order valence-electron chi connectivity index (χ3n) is 6.66. The molecule has 0 aliphatic heterocycles. The second kappa shape index (κ2) is 15.5. The number of ether oxygens (including phenoxy) is 1. The molecule has 0 aromatic heterocycles. The average molecular weight is 464 g/mol. The van der Waals surface area contributed by atoms with Crippen molar-refractivity contribution in [2.75, 3.05) is 25.5 Å². The number of halogens is 2. The van der Waals surface area contributed by atoms with Crippen LogP contribution in [0.1, 0.15) is 90.2 Å². The Balaban J connectivity index is 1.80. The summed E-state index contributed by atoms with van der Waals surface area (Å²) in [7, 11) is 0. The number of nitrogens with zero attached hydrogens (tertiary/aromatic N) is 1. The minimum atomic E-state index is -0.202. The third kappa shape index (κ3) is 10.1. The topological polar surface area (TPSA) is 12.5 Å². The number of hydrogen-bond donors (Lipinski definition) is 0. The molecule has 0 fully saturated rings. The standard InChI is InChI=1S/C28H43ClFNO/c1-4-23(3)10-9-21-31(5-2)20-8-6-7-11-28(25-14-16-26(30)17-15-25)32-27-18-12-24(22-29)13-19-27/h12,14-18,23,28H,4-11,13,19-22H2,1-3H3. The Kier molecular flexibility index (Phi) is 13.0. The van der Waals surface area contributed by atoms with E-state index in [1.807, 2.05) is 12.1 Å². The van der Waals surface area contributed by atoms with Gasteiger partial charge >= 0.3 is 0 Å². The van der Waals surface area contributed by atoms with Gasteiger partial charge in [-0.1, -0.05) is 57.4 Å². The van der Waals surface area contributed by atoms with E-state index in [2.05, 4.69) is 37.8 Å². The van der Waals surface area contributed by atoms with Crippen LogP contribution in [0.3, 0.4) is 0 Å². The van der Waals surface area contributed by atoms with Crippen LogP contribution < -0.4 is 0 Å². The van der Waals surface area contributed by atoms with E-state index >= 15 is 0 Å². The molecule has 0 bridgehead atoms. The van der Waals surface area contributed by atoms with Crippen molar-refractivity contribution >= 4 is 11.6 Å². The van der Waals surface area contributed by atoms with Gasteiger partial charge < -0.3 is 9.64 Å². The molecule has 0 amide bonds. The van der Waals surface area contributed by atoms with Gasteiger partial charge in [-0.15, -0.1) is 11.6 Å². The predicted molar refractivity (Wildman–Crippen MR) is 136 cm³/mol. The Hall–Kier alpha value is -1.32. The fourth-order valence-electron chi connectivity index (χ4n) is 4.16. The fourth-order valence-corrected chi connectivity index (χ4v) is 4.38. The Bertz CT molecular complexity index is 700. The molecule has 0 saturated heterocycles. The maximum Gasteiger partial charge on any atom is 0.123 e. The van der Waals surface area contributed by atoms with E-state index in [1.165, 1.54) is 62.9 Å². The molecule has 2 atom stereocenters. The molecular weight excluding hydrogens is 421 g/mol. The first-order chi connectivity index (χ1) is 15.5. The smallest absolute Gasteiger partial charge is 0.123 e. The van der Waals surface area contributed by atoms with Crippen LogP contribution in [0.25, 0.3) is 0 Å². The van der Waals surface area contributed by atoms with Crippen LogP contribution in [0.15, 0.2) is 47.7 Å². The number of benzene rings is 1. The second-order valence-electron chi connectivity index (χ2n) is 9.19. The molecule has 2 unspecified atom stereocenters. The minimum Gasteiger partial charge on any atom is -0.490 e. The zero-order valence-electron chi connectivity index (χ0n) is 20.4. The van der Waals surface area contributed by atoms with Crippen molar-refractivity contribution in [2.45, 2.75) is 84.7 Å². The molecule has 0 heterocycles. The summed E-state index contributed by atoms with van der Waals surface area (Å²) >= 11 is 5.95. The summed E-state index contributed by atoms with van der Waals surface area (Å²) in [4.78, 5) is 2.59. The Morgan fingerprint density at radius 1 is 0.969 bits per heavy atom. The molecule has 1 aliphatic rings. The summed E-state index contributed by atoms with van der Waals surface area (Å²) in [6, 6.07) is 6.79. The van der Waals surface area contributed by atoms with E-state index < -0.39 is 0 Å². The van der Waals surface area contributed by atoms with Gasteiger partial charge in [0.2, 0.25) is 0 Å². The van der Waals surface area contributed by atoms with Gasteiger partial charge in [-0.3, -0.25) is 0 Å². The van der Waals surface area contributed by atoms with E-state index in [0.717, 1.165) is 49.5 Å². The first kappa shape index (κ1) is 26.9. The monoisotopic (exact) mass is 463 g/mol. The minimum absolute atomic E-state index is 0.0226. The summed E-state index contributed by atoms with van der Waals surface area (Å²) < 4.78 is 19.8. The lowest BCUT2D eigenvalue weighted by molar-refractivity contribution is 0.0985. The number of allylic oxidation sites excluding steroid dienone is 4. The van der Waals surface area contributed by atoms with Crippen LogP contribution >= 0.6 is 11.6 Å². The summed E-state index contributed by atoms with van der Waals surface area (Å²) in [6.07, 6.45) is 14.3. The molecule has 0 N–H and O–H groups in total. The maximum atomic E-state index is 13.4. The van der Waals surface area contributed by atoms with Crippen LogP contribution in [0.2, 0.25) is 0 Å². The van der Waals surface area contributed by atoms with Gasteiger partial charge in [0.1, 0.15) is 11.9 Å². The number of rotatable bonds is 16. The van der Waals surface area contributed by atoms with E-state index in [4.69, 9.17) is 16.3 Å². The van der Waals surface area contributed by atoms with Gasteiger partial charge in [0.25, 0.3) is 0 Å². The summed E-state index contributed by atoms with van der Waals surface area (Å²) in [6.45, 7) is 10.4. The summed E-state index contributed by atoms with van der Waals surface area (Å²) in [5, 5.41) is 0. The largest absolute Gasteiger partial charge is 0.490 e. The number of alkyl halides is 1. The van der Waals surface area contributed by atoms with Crippen molar-refractivity contribution in [3.05, 3.63) is 59.1 Å². The second-order valence-corrected chi connectivity index (χ2v) is 9.46. The molecule has 4 heteroatoms. The lowest BCUT2D eigenvalue weighted by Crippen LogP contribution is -2.26. The third-order valence-corrected chi connectivity index (χ3v) is 7.00. The van der Waals surface area contributed by atoms with Crippen molar-refractivity contribution in [3.8, 4) is 0 Å². The molecule has 32 heavy (non-hydrogen) atoms. The van der Waals surface area contributed by atoms with Gasteiger partial charge in [0, 0.05) is 12.3 Å². The Morgan fingerprint density at radius 2 is 1.72 bits per heavy atom. The number of hydrogen-bond acceptors (Lipinski definition) is 2. The van der Waals surface area contributed by atoms with Gasteiger partial charge in [0.05, 0.1) is 5.76 Å². The molecule has 2 rings (SSSR count). The van der Waals surface area contributed by atoms with E-state index in [-0.39, 0.29) is 11.9 Å². The Morgan fingerprint density at radius 3 is 2.34 bits per heavy atom. The highest BCUT2D eigenvalue weighted by Crippen LogP contribution is 2.30. The molecular formula is C28H43ClFNO. The summed E-state index contributed by atoms with van der Waals surface area (Å²) in [5.74, 6) is 2.23. The highest BCUT2D eigenvalue weighted by atomic mass is 35.5. The van der Waals surface area contributed by atoms with Gasteiger partial charge in [-0.25, -0.2) is 4.39 Å². The van der Waals surface area contributed by atoms with Crippen LogP contribution in [0, 0.1) is 11.7 Å². The van der Waals surface area contributed by atoms with Crippen LogP contribution in [-0.2, 0) is 4.74 Å². The van der Waals surface area contributed by atoms with Gasteiger partial charge in [-0.2, -0.15) is 0 Å². The van der Waals surface area contributed by atoms with E-state index in [0.29, 0.717) is 5.88 Å². The van der Waals surface area contributed by atoms with Crippen LogP contribution in [-0.4, -0.2) is 30.4 Å². The van der Waals surface area contributed by atoms with Crippen molar-refractivity contribution < 1.29 is 9.13 Å². The van der Waals surface area contributed by atoms with Gasteiger partial charge in [0.15, 0.2) is 0 Å². The molecule has 180 valence electrons. The molecule has 0 saturated carbocycles. The lowest BCUT2D eigenvalue weighted by Gasteiger charge is -2.24. The first-order valence-corrected chi connectivity index (χ1v) is 13.2. The lowest BCUT2D eigenvalue weighted by atomic mass is 10.0. The first-order valence-electron chi connectivity index (χ1n) is 12.6. The predicted octanol–water partition coefficient (Wildman–Crippen LogP) is 8.43. The van der Waals surface area contributed by atoms with Crippen molar-refractivity contribution in [2.24, 2.45) is 5.92 Å². The average Bonchev–Trinajstić information content (AvgIpc) is 2.82. The number of unbranched alkanes of at least 4 members (excludes halogenated alkanes) is 2. The highest BCUT2D eigenvalue weighted by Gasteiger charge is 2.17. The highest BCUT2D eigenvalue weighted by molar-refractivity contribution is 6.19. The molecule has 1 aromatic carbocycles. The maximum absolute atomic E-state index is 13.4. The summed E-state index contributed by atoms with van der Waals surface area (Å²) in [5.41, 5.74) is 2.31. The molecule has 0 spiro atoms. The molecule has 1 aromatic rings. The van der Waals surface area contributed by atoms with E-state index in [9.17, 15) is 4.39 Å². The SMILES string of the molecule is CCC(C)CCCN(CC)CCCCCC(OC1=CC=C(CCl)CC1)c1ccc(F)cc1. The van der Waals surface area contributed by atoms with Crippen molar-refractivity contribution in [1.29, 1.82) is 0 Å². The zero-order valence-corrected chi connectivity index (χ0v) is 21.2.